The Morgan fingerprint density at radius 3 is 2.48 bits per heavy atom. The van der Waals surface area contributed by atoms with Crippen molar-refractivity contribution >= 4 is 29.1 Å². The second kappa shape index (κ2) is 9.09. The molecular formula is C19H23Cl2N2O2+. The molecule has 134 valence electrons. The number of likely N-dealkylation sites (N-methyl/N-ethyl adjacent to an activating group) is 1. The van der Waals surface area contributed by atoms with E-state index in [2.05, 4.69) is 5.32 Å². The third kappa shape index (κ3) is 5.63. The molecule has 0 heterocycles. The molecule has 0 spiro atoms. The van der Waals surface area contributed by atoms with E-state index in [9.17, 15) is 4.79 Å². The van der Waals surface area contributed by atoms with E-state index in [-0.39, 0.29) is 11.9 Å². The summed E-state index contributed by atoms with van der Waals surface area (Å²) in [4.78, 5) is 13.5. The lowest BCUT2D eigenvalue weighted by Crippen LogP contribution is -3.12. The Morgan fingerprint density at radius 2 is 1.88 bits per heavy atom. The number of amides is 1. The molecule has 2 atom stereocenters. The maximum atomic E-state index is 12.4. The van der Waals surface area contributed by atoms with Gasteiger partial charge in [0.1, 0.15) is 12.3 Å². The van der Waals surface area contributed by atoms with Crippen LogP contribution in [-0.2, 0) is 17.9 Å². The fourth-order valence-corrected chi connectivity index (χ4v) is 2.90. The van der Waals surface area contributed by atoms with E-state index in [0.29, 0.717) is 23.1 Å². The molecular weight excluding hydrogens is 359 g/mol. The first-order valence-corrected chi connectivity index (χ1v) is 8.83. The quantitative estimate of drug-likeness (QED) is 0.774. The van der Waals surface area contributed by atoms with E-state index in [4.69, 9.17) is 27.9 Å². The summed E-state index contributed by atoms with van der Waals surface area (Å²) in [6.45, 7) is 3.04. The van der Waals surface area contributed by atoms with Crippen LogP contribution in [0.2, 0.25) is 10.0 Å². The number of halogens is 2. The number of carbonyl (C=O) groups excluding carboxylic acids is 1. The molecule has 2 aromatic rings. The normalized spacial score (nSPS) is 13.2. The predicted octanol–water partition coefficient (Wildman–Crippen LogP) is 2.72. The van der Waals surface area contributed by atoms with Gasteiger partial charge < -0.3 is 15.0 Å². The van der Waals surface area contributed by atoms with Crippen LogP contribution in [0, 0.1) is 0 Å². The van der Waals surface area contributed by atoms with Crippen molar-refractivity contribution in [1.82, 2.24) is 5.32 Å². The van der Waals surface area contributed by atoms with Crippen LogP contribution in [-0.4, -0.2) is 26.1 Å². The Hall–Kier alpha value is -1.75. The third-order valence-electron chi connectivity index (χ3n) is 4.24. The summed E-state index contributed by atoms with van der Waals surface area (Å²) in [6, 6.07) is 12.9. The Bertz CT molecular complexity index is 720. The van der Waals surface area contributed by atoms with Crippen molar-refractivity contribution in [2.75, 3.05) is 14.2 Å². The zero-order chi connectivity index (χ0) is 18.4. The molecule has 0 saturated heterocycles. The predicted molar refractivity (Wildman–Crippen MR) is 101 cm³/mol. The summed E-state index contributed by atoms with van der Waals surface area (Å²) in [5.74, 6) is 0.797. The molecule has 2 N–H and O–H groups in total. The molecule has 0 bridgehead atoms. The molecule has 6 heteroatoms. The van der Waals surface area contributed by atoms with Crippen LogP contribution in [0.25, 0.3) is 0 Å². The first-order chi connectivity index (χ1) is 11.9. The monoisotopic (exact) mass is 381 g/mol. The van der Waals surface area contributed by atoms with Gasteiger partial charge in [0.25, 0.3) is 5.91 Å². The van der Waals surface area contributed by atoms with E-state index in [1.807, 2.05) is 50.4 Å². The summed E-state index contributed by atoms with van der Waals surface area (Å²) in [5.41, 5.74) is 2.00. The summed E-state index contributed by atoms with van der Waals surface area (Å²) in [6.07, 6.45) is 0. The van der Waals surface area contributed by atoms with Gasteiger partial charge in [-0.25, -0.2) is 0 Å². The van der Waals surface area contributed by atoms with Crippen LogP contribution < -0.4 is 15.0 Å². The topological polar surface area (TPSA) is 42.8 Å². The van der Waals surface area contributed by atoms with Gasteiger partial charge in [-0.2, -0.15) is 0 Å². The Morgan fingerprint density at radius 1 is 1.20 bits per heavy atom. The number of ether oxygens (including phenoxy) is 1. The fourth-order valence-electron chi connectivity index (χ4n) is 2.43. The van der Waals surface area contributed by atoms with Crippen LogP contribution in [0.4, 0.5) is 0 Å². The first kappa shape index (κ1) is 19.6. The average Bonchev–Trinajstić information content (AvgIpc) is 2.61. The molecule has 1 amide bonds. The molecule has 0 aliphatic heterocycles. The van der Waals surface area contributed by atoms with Crippen molar-refractivity contribution in [2.45, 2.75) is 26.1 Å². The van der Waals surface area contributed by atoms with Gasteiger partial charge in [-0.3, -0.25) is 4.79 Å². The number of carbonyl (C=O) groups is 1. The van der Waals surface area contributed by atoms with Crippen LogP contribution in [0.5, 0.6) is 5.75 Å². The smallest absolute Gasteiger partial charge is 0.278 e. The molecule has 25 heavy (non-hydrogen) atoms. The maximum absolute atomic E-state index is 12.4. The molecule has 0 aliphatic rings. The molecule has 2 rings (SSSR count). The van der Waals surface area contributed by atoms with E-state index in [0.717, 1.165) is 21.8 Å². The SMILES string of the molecule is COc1ccc(CNC(=O)[C@@H](C)[NH+](C)Cc2ccc(Cl)cc2Cl)cc1. The zero-order valence-corrected chi connectivity index (χ0v) is 16.1. The minimum atomic E-state index is -0.204. The van der Waals surface area contributed by atoms with Gasteiger partial charge >= 0.3 is 0 Å². The van der Waals surface area contributed by atoms with Crippen LogP contribution in [0.15, 0.2) is 42.5 Å². The molecule has 0 radical (unpaired) electrons. The standard InChI is InChI=1S/C19H22Cl2N2O2/c1-13(23(2)12-15-6-7-16(20)10-18(15)21)19(24)22-11-14-4-8-17(25-3)9-5-14/h4-10,13H,11-12H2,1-3H3,(H,22,24)/p+1/t13-/m1/s1. The number of benzene rings is 2. The van der Waals surface area contributed by atoms with Gasteiger partial charge in [0.2, 0.25) is 0 Å². The second-order valence-electron chi connectivity index (χ2n) is 6.05. The highest BCUT2D eigenvalue weighted by Crippen LogP contribution is 2.20. The first-order valence-electron chi connectivity index (χ1n) is 8.07. The number of hydrogen-bond acceptors (Lipinski definition) is 2. The summed E-state index contributed by atoms with van der Waals surface area (Å²) in [5, 5.41) is 4.20. The lowest BCUT2D eigenvalue weighted by atomic mass is 10.1. The average molecular weight is 382 g/mol. The Labute approximate surface area is 158 Å². The van der Waals surface area contributed by atoms with Crippen molar-refractivity contribution in [2.24, 2.45) is 0 Å². The fraction of sp³-hybridized carbons (Fsp3) is 0.316. The van der Waals surface area contributed by atoms with E-state index >= 15 is 0 Å². The van der Waals surface area contributed by atoms with Gasteiger partial charge in [0.15, 0.2) is 6.04 Å². The summed E-state index contributed by atoms with van der Waals surface area (Å²) >= 11 is 12.1. The highest BCUT2D eigenvalue weighted by atomic mass is 35.5. The molecule has 1 unspecified atom stereocenters. The van der Waals surface area contributed by atoms with Gasteiger partial charge in [-0.1, -0.05) is 41.4 Å². The molecule has 0 aliphatic carbocycles. The highest BCUT2D eigenvalue weighted by molar-refractivity contribution is 6.35. The lowest BCUT2D eigenvalue weighted by molar-refractivity contribution is -0.908. The largest absolute Gasteiger partial charge is 0.497 e. The molecule has 0 saturated carbocycles. The number of methoxy groups -OCH3 is 1. The van der Waals surface area contributed by atoms with Gasteiger partial charge in [-0.15, -0.1) is 0 Å². The minimum Gasteiger partial charge on any atom is -0.497 e. The van der Waals surface area contributed by atoms with Gasteiger partial charge in [0, 0.05) is 17.1 Å². The van der Waals surface area contributed by atoms with Crippen molar-refractivity contribution in [1.29, 1.82) is 0 Å². The zero-order valence-electron chi connectivity index (χ0n) is 14.6. The van der Waals surface area contributed by atoms with Crippen molar-refractivity contribution in [3.05, 3.63) is 63.6 Å². The molecule has 4 nitrogen and oxygen atoms in total. The lowest BCUT2D eigenvalue weighted by Gasteiger charge is -2.21. The summed E-state index contributed by atoms with van der Waals surface area (Å²) in [7, 11) is 3.60. The number of quaternary nitrogens is 1. The number of rotatable bonds is 7. The van der Waals surface area contributed by atoms with E-state index in [1.54, 1.807) is 13.2 Å². The number of nitrogens with one attached hydrogen (secondary N) is 2. The minimum absolute atomic E-state index is 0.00148. The van der Waals surface area contributed by atoms with Crippen LogP contribution in [0.3, 0.4) is 0 Å². The third-order valence-corrected chi connectivity index (χ3v) is 4.83. The van der Waals surface area contributed by atoms with Crippen LogP contribution >= 0.6 is 23.2 Å². The molecule has 0 fully saturated rings. The summed E-state index contributed by atoms with van der Waals surface area (Å²) < 4.78 is 5.13. The Kier molecular flexibility index (Phi) is 7.12. The van der Waals surface area contributed by atoms with E-state index in [1.165, 1.54) is 0 Å². The van der Waals surface area contributed by atoms with Crippen molar-refractivity contribution in [3.8, 4) is 5.75 Å². The molecule has 2 aromatic carbocycles. The van der Waals surface area contributed by atoms with Gasteiger partial charge in [0.05, 0.1) is 19.2 Å². The van der Waals surface area contributed by atoms with Crippen molar-refractivity contribution in [3.63, 3.8) is 0 Å². The maximum Gasteiger partial charge on any atom is 0.278 e. The van der Waals surface area contributed by atoms with Gasteiger partial charge in [-0.05, 0) is 36.8 Å². The number of hydrogen-bond donors (Lipinski definition) is 2. The highest BCUT2D eigenvalue weighted by Gasteiger charge is 2.22. The van der Waals surface area contributed by atoms with Crippen LogP contribution in [0.1, 0.15) is 18.1 Å². The van der Waals surface area contributed by atoms with E-state index < -0.39 is 0 Å². The van der Waals surface area contributed by atoms with Crippen molar-refractivity contribution < 1.29 is 14.4 Å². The molecule has 0 aromatic heterocycles. The second-order valence-corrected chi connectivity index (χ2v) is 6.89. The Balaban J connectivity index is 1.89.